The minimum atomic E-state index is -1.21. The normalized spacial score (nSPS) is 10.8. The highest BCUT2D eigenvalue weighted by Crippen LogP contribution is 2.43. The number of rotatable bonds is 22. The second-order valence-corrected chi connectivity index (χ2v) is 33.7. The number of para-hydroxylation sites is 6. The van der Waals surface area contributed by atoms with Crippen molar-refractivity contribution in [2.24, 2.45) is 0 Å². The highest BCUT2D eigenvalue weighted by Gasteiger charge is 2.31. The molecule has 0 spiro atoms. The monoisotopic (exact) mass is 1940 g/mol. The van der Waals surface area contributed by atoms with Gasteiger partial charge in [-0.05, 0) is 100 Å². The molecular formula is C97H68N14O22S5. The summed E-state index contributed by atoms with van der Waals surface area (Å²) in [7, 11) is 2.96. The van der Waals surface area contributed by atoms with Crippen molar-refractivity contribution in [3.05, 3.63) is 320 Å². The molecule has 15 aromatic heterocycles. The molecule has 0 fully saturated rings. The summed E-state index contributed by atoms with van der Waals surface area (Å²) in [6.07, 6.45) is 10.6. The number of oxazole rings is 1. The van der Waals surface area contributed by atoms with Crippen molar-refractivity contribution in [1.82, 2.24) is 44.9 Å². The first-order chi connectivity index (χ1) is 66.6. The van der Waals surface area contributed by atoms with E-state index in [0.29, 0.717) is 113 Å². The number of carbonyl (C=O) groups excluding carboxylic acids is 5. The molecule has 0 unspecified atom stereocenters. The molecule has 20 rings (SSSR count). The van der Waals surface area contributed by atoms with Gasteiger partial charge >= 0.3 is 35.8 Å². The van der Waals surface area contributed by atoms with Gasteiger partial charge in [0.2, 0.25) is 11.8 Å². The minimum absolute atomic E-state index is 0.00132. The van der Waals surface area contributed by atoms with Crippen molar-refractivity contribution < 1.29 is 105 Å². The Bertz CT molecular complexity index is 7550. The van der Waals surface area contributed by atoms with Crippen LogP contribution in [0, 0.1) is 27.7 Å². The Labute approximate surface area is 796 Å². The third-order valence-electron chi connectivity index (χ3n) is 20.3. The van der Waals surface area contributed by atoms with Crippen LogP contribution in [0.15, 0.2) is 262 Å². The maximum atomic E-state index is 12.6. The molecule has 5 amide bonds. The fourth-order valence-electron chi connectivity index (χ4n) is 13.7. The van der Waals surface area contributed by atoms with E-state index in [4.69, 9.17) is 31.6 Å². The van der Waals surface area contributed by atoms with Gasteiger partial charge in [-0.3, -0.25) is 38.9 Å². The predicted molar refractivity (Wildman–Crippen MR) is 517 cm³/mol. The lowest BCUT2D eigenvalue weighted by Gasteiger charge is -2.06. The highest BCUT2D eigenvalue weighted by atomic mass is 32.1. The number of nitrogens with one attached hydrogen (secondary N) is 5. The van der Waals surface area contributed by atoms with Crippen LogP contribution in [0.25, 0.3) is 111 Å². The molecule has 0 saturated heterocycles. The van der Waals surface area contributed by atoms with Crippen molar-refractivity contribution in [2.45, 2.75) is 27.7 Å². The van der Waals surface area contributed by atoms with Crippen molar-refractivity contribution in [3.63, 3.8) is 0 Å². The Hall–Kier alpha value is -17.9. The third kappa shape index (κ3) is 20.8. The van der Waals surface area contributed by atoms with Crippen LogP contribution in [-0.2, 0) is 0 Å². The Morgan fingerprint density at radius 3 is 1.04 bits per heavy atom. The number of amides is 5. The van der Waals surface area contributed by atoms with Crippen molar-refractivity contribution in [2.75, 3.05) is 40.8 Å². The number of hydrogen-bond acceptors (Lipinski definition) is 31. The van der Waals surface area contributed by atoms with Crippen LogP contribution in [0.1, 0.15) is 128 Å². The number of aryl methyl sites for hydroxylation is 4. The fraction of sp³-hybridized carbons (Fsp3) is 0.0619. The molecule has 20 aromatic rings. The Morgan fingerprint density at radius 1 is 0.312 bits per heavy atom. The molecule has 41 heteroatoms. The van der Waals surface area contributed by atoms with Crippen LogP contribution in [0.5, 0.6) is 11.8 Å². The number of furan rings is 4. The van der Waals surface area contributed by atoms with E-state index in [1.165, 1.54) is 32.8 Å². The van der Waals surface area contributed by atoms with E-state index in [9.17, 15) is 73.5 Å². The van der Waals surface area contributed by atoms with E-state index in [2.05, 4.69) is 71.4 Å². The zero-order valence-electron chi connectivity index (χ0n) is 72.3. The number of hydrogen-bond donors (Lipinski definition) is 10. The first kappa shape index (κ1) is 93.3. The number of pyridine rings is 2. The van der Waals surface area contributed by atoms with E-state index in [0.717, 1.165) is 89.6 Å². The quantitative estimate of drug-likeness (QED) is 0.0301. The molecule has 0 bridgehead atoms. The van der Waals surface area contributed by atoms with E-state index in [-0.39, 0.29) is 81.8 Å². The molecule has 138 heavy (non-hydrogen) atoms. The van der Waals surface area contributed by atoms with E-state index in [1.807, 2.05) is 98.8 Å². The predicted octanol–water partition coefficient (Wildman–Crippen LogP) is 21.4. The summed E-state index contributed by atoms with van der Waals surface area (Å²) in [5.41, 5.74) is 10.3. The molecule has 0 saturated carbocycles. The van der Waals surface area contributed by atoms with Crippen molar-refractivity contribution in [1.29, 1.82) is 0 Å². The number of carboxylic acid groups (broad SMARTS) is 5. The molecule has 0 aliphatic rings. The molecular weight excluding hydrogens is 1870 g/mol. The molecule has 688 valence electrons. The average Bonchev–Trinajstić information content (AvgIpc) is 1.64. The van der Waals surface area contributed by atoms with Gasteiger partial charge in [0.15, 0.2) is 28.6 Å². The average molecular weight is 1940 g/mol. The van der Waals surface area contributed by atoms with Gasteiger partial charge in [-0.2, -0.15) is 0 Å². The summed E-state index contributed by atoms with van der Waals surface area (Å²) in [5, 5.41) is 74.0. The fourth-order valence-corrected chi connectivity index (χ4v) is 18.5. The zero-order chi connectivity index (χ0) is 97.1. The third-order valence-corrected chi connectivity index (χ3v) is 24.7. The van der Waals surface area contributed by atoms with Crippen molar-refractivity contribution >= 4 is 196 Å². The van der Waals surface area contributed by atoms with E-state index in [1.54, 1.807) is 150 Å². The number of nitrogens with zero attached hydrogens (tertiary/aromatic N) is 9. The van der Waals surface area contributed by atoms with Crippen LogP contribution in [0.4, 0.5) is 25.0 Å². The summed E-state index contributed by atoms with van der Waals surface area (Å²) in [6.45, 7) is 7.18. The topological polar surface area (TPSA) is 532 Å². The minimum Gasteiger partial charge on any atom is -0.481 e. The molecule has 0 atom stereocenters. The SMILES string of the molecule is COc1ccc(-c2csc(NC(=O)c3cc4ccccc4o3)c2C(=O)O)cn1.COc1cnc(-c2csc(NC(=O)c3nc4ccccc4o3)c2C(=O)O)cn1.Cc1ccc(-c2csc(NC(=O)c3cc4ccccc4o3)c2C(=O)O)cn1.Cc1cnc(-c2csc(NC(=O)c3cc4ccccc4o3)c2C(=O)O)c(C)n1.Cc1ncc(-c2csc(NC(=O)c3cc4ccccc4o3)c2C(=O)O)cn1. The molecule has 0 radical (unpaired) electrons. The Balaban J connectivity index is 0.000000125. The van der Waals surface area contributed by atoms with Gasteiger partial charge in [-0.15, -0.1) is 56.7 Å². The number of benzene rings is 5. The van der Waals surface area contributed by atoms with E-state index < -0.39 is 59.4 Å². The van der Waals surface area contributed by atoms with Crippen LogP contribution < -0.4 is 36.1 Å². The summed E-state index contributed by atoms with van der Waals surface area (Å²) >= 11 is 5.58. The first-order valence-electron chi connectivity index (χ1n) is 40.6. The lowest BCUT2D eigenvalue weighted by atomic mass is 10.1. The molecule has 0 aliphatic heterocycles. The summed E-state index contributed by atoms with van der Waals surface area (Å²) in [4.78, 5) is 159. The van der Waals surface area contributed by atoms with Crippen LogP contribution >= 0.6 is 56.7 Å². The van der Waals surface area contributed by atoms with Crippen molar-refractivity contribution in [3.8, 4) is 67.7 Å². The standard InChI is InChI=1S/C20H15N3O4S.C20H14N2O5S.C20H14N2O4S.C19H13N3O4S.C18H12N4O5S/c1-10-8-21-17(11(2)22-10)13-9-28-19(16(13)20(25)26)23-18(24)15-7-12-5-3-4-6-14(12)27-15;1-26-16-7-6-12(9-21-16)13-10-28-19(17(13)20(24)25)22-18(23)15-8-11-4-2-3-5-14(11)27-15;1-11-6-7-13(9-21-11)14-10-27-19(17(14)20(24)25)22-18(23)16-8-12-4-2-3-5-15(12)26-16;1-10-20-7-12(8-21-10)13-9-27-18(16(13)19(24)25)22-17(23)15-6-11-4-2-3-5-14(11)26-15;1-26-13-7-19-11(6-20-13)9-8-28-17(14(9)18(24)25)22-15(23)16-21-10-4-2-3-5-12(10)27-16/h3-9H,1-2H3,(H,23,24)(H,25,26);2-10H,1H3,(H,22,23)(H,24,25);2-10H,1H3,(H,22,23)(H,24,25);2-9H,1H3,(H,22,23)(H,24,25);2-8H,1H3,(H,22,23)(H,24,25). The molecule has 5 aromatic carbocycles. The number of fused-ring (bicyclic) bond motifs is 5. The van der Waals surface area contributed by atoms with Gasteiger partial charge in [0.25, 0.3) is 29.5 Å². The van der Waals surface area contributed by atoms with Crippen LogP contribution in [0.2, 0.25) is 0 Å². The van der Waals surface area contributed by atoms with Crippen LogP contribution in [-0.4, -0.2) is 144 Å². The first-order valence-corrected chi connectivity index (χ1v) is 45.0. The largest absolute Gasteiger partial charge is 0.481 e. The number of thiophene rings is 5. The highest BCUT2D eigenvalue weighted by molar-refractivity contribution is 7.16. The van der Waals surface area contributed by atoms with Gasteiger partial charge in [0.05, 0.1) is 49.4 Å². The van der Waals surface area contributed by atoms with Gasteiger partial charge in [0.1, 0.15) is 86.5 Å². The Morgan fingerprint density at radius 2 is 0.667 bits per heavy atom. The summed E-state index contributed by atoms with van der Waals surface area (Å²) < 4.78 is 37.6. The van der Waals surface area contributed by atoms with Gasteiger partial charge in [0, 0.05) is 136 Å². The number of carboxylic acids is 5. The van der Waals surface area contributed by atoms with Gasteiger partial charge < -0.3 is 83.7 Å². The molecule has 15 heterocycles. The number of ether oxygens (including phenoxy) is 2. The maximum Gasteiger partial charge on any atom is 0.339 e. The molecule has 0 aliphatic carbocycles. The molecule has 10 N–H and O–H groups in total. The number of methoxy groups -OCH3 is 2. The summed E-state index contributed by atoms with van der Waals surface area (Å²) in [6, 6.07) is 49.4. The maximum absolute atomic E-state index is 12.6. The van der Waals surface area contributed by atoms with Gasteiger partial charge in [-0.1, -0.05) is 91.0 Å². The number of carbonyl (C=O) groups is 10. The number of aromatic carboxylic acids is 5. The second-order valence-electron chi connectivity index (χ2n) is 29.3. The summed E-state index contributed by atoms with van der Waals surface area (Å²) in [5.74, 6) is -6.84. The van der Waals surface area contributed by atoms with Crippen LogP contribution in [0.3, 0.4) is 0 Å². The smallest absolute Gasteiger partial charge is 0.339 e. The van der Waals surface area contributed by atoms with E-state index >= 15 is 0 Å². The lowest BCUT2D eigenvalue weighted by Crippen LogP contribution is -2.14. The molecule has 36 nitrogen and oxygen atoms in total. The zero-order valence-corrected chi connectivity index (χ0v) is 76.4. The van der Waals surface area contributed by atoms with Gasteiger partial charge in [-0.25, -0.2) is 53.9 Å². The second kappa shape index (κ2) is 41.1. The Kier molecular flexibility index (Phi) is 27.8. The lowest BCUT2D eigenvalue weighted by molar-refractivity contribution is 0.0688. The number of anilines is 5. The number of aromatic nitrogens is 9.